The average Bonchev–Trinajstić information content (AvgIpc) is 1.78. The molecule has 0 heterocycles. The lowest BCUT2D eigenvalue weighted by Crippen LogP contribution is -2.52. The zero-order valence-electron chi connectivity index (χ0n) is 11.0. The van der Waals surface area contributed by atoms with Gasteiger partial charge >= 0.3 is 8.56 Å². The highest BCUT2D eigenvalue weighted by Gasteiger charge is 2.38. The summed E-state index contributed by atoms with van der Waals surface area (Å²) < 4.78 is 12.5. The molecule has 0 N–H and O–H groups in total. The van der Waals surface area contributed by atoms with Crippen LogP contribution in [-0.4, -0.2) is 25.2 Å². The first-order valence-corrected chi connectivity index (χ1v) is 14.7. The van der Waals surface area contributed by atoms with Crippen molar-refractivity contribution in [2.24, 2.45) is 0 Å². The second-order valence-electron chi connectivity index (χ2n) is 5.92. The van der Waals surface area contributed by atoms with E-state index >= 15 is 0 Å². The van der Waals surface area contributed by atoms with Crippen LogP contribution in [0.15, 0.2) is 0 Å². The summed E-state index contributed by atoms with van der Waals surface area (Å²) in [4.78, 5) is 0. The third kappa shape index (κ3) is 11.1. The van der Waals surface area contributed by atoms with Crippen molar-refractivity contribution in [1.82, 2.24) is 0 Å². The molecule has 0 radical (unpaired) electrons. The lowest BCUT2D eigenvalue weighted by molar-refractivity contribution is 0.386. The molecule has 0 saturated carbocycles. The summed E-state index contributed by atoms with van der Waals surface area (Å²) in [6.45, 7) is 17.8. The molecule has 16 heavy (non-hydrogen) atoms. The second-order valence-corrected chi connectivity index (χ2v) is 19.0. The molecule has 0 saturated heterocycles. The molecule has 0 fully saturated rings. The van der Waals surface area contributed by atoms with Crippen LogP contribution in [0.1, 0.15) is 21.8 Å². The van der Waals surface area contributed by atoms with Crippen molar-refractivity contribution < 1.29 is 8.23 Å². The molecule has 0 aliphatic carbocycles. The maximum atomic E-state index is 6.24. The lowest BCUT2D eigenvalue weighted by Gasteiger charge is -2.37. The van der Waals surface area contributed by atoms with E-state index in [2.05, 4.69) is 52.8 Å². The van der Waals surface area contributed by atoms with E-state index in [1.54, 1.807) is 0 Å². The van der Waals surface area contributed by atoms with Crippen LogP contribution >= 0.6 is 0 Å². The van der Waals surface area contributed by atoms with Crippen molar-refractivity contribution >= 4 is 25.2 Å². The van der Waals surface area contributed by atoms with Gasteiger partial charge in [0.05, 0.1) is 0 Å². The van der Waals surface area contributed by atoms with E-state index in [1.165, 1.54) is 0 Å². The van der Waals surface area contributed by atoms with Crippen molar-refractivity contribution in [2.75, 3.05) is 0 Å². The van der Waals surface area contributed by atoms with E-state index in [0.29, 0.717) is 0 Å². The minimum absolute atomic E-state index is 0. The Morgan fingerprint density at radius 1 is 0.688 bits per heavy atom. The Kier molecular flexibility index (Phi) is 9.69. The average molecular weight is 283 g/mol. The molecule has 0 rings (SSSR count). The summed E-state index contributed by atoms with van der Waals surface area (Å²) in [5, 5.41) is 0. The van der Waals surface area contributed by atoms with Crippen LogP contribution in [0.25, 0.3) is 0 Å². The highest BCUT2D eigenvalue weighted by atomic mass is 28.5. The molecule has 0 amide bonds. The zero-order chi connectivity index (χ0) is 11.6. The fraction of sp³-hybridized carbons (Fsp3) is 1.00. The van der Waals surface area contributed by atoms with E-state index < -0.39 is 25.2 Å². The van der Waals surface area contributed by atoms with Gasteiger partial charge in [0.2, 0.25) is 0 Å². The Balaban J connectivity index is -0.000000845. The third-order valence-corrected chi connectivity index (χ3v) is 11.3. The van der Waals surface area contributed by atoms with Gasteiger partial charge in [0.15, 0.2) is 16.6 Å². The van der Waals surface area contributed by atoms with Crippen LogP contribution in [0.3, 0.4) is 0 Å². The third-order valence-electron chi connectivity index (χ3n) is 1.69. The van der Waals surface area contributed by atoms with Crippen LogP contribution < -0.4 is 0 Å². The van der Waals surface area contributed by atoms with Crippen molar-refractivity contribution in [3.63, 3.8) is 0 Å². The molecule has 0 bridgehead atoms. The Hall–Kier alpha value is 0.571. The second kappa shape index (κ2) is 7.10. The molecule has 0 aliphatic heterocycles. The first-order valence-electron chi connectivity index (χ1n) is 5.38. The Labute approximate surface area is 107 Å². The SMILES string of the molecule is C.C.CC[Si](C)(O[Si](C)(C)C)O[Si](C)(C)C. The van der Waals surface area contributed by atoms with Gasteiger partial charge in [-0.3, -0.25) is 0 Å². The number of hydrogen-bond donors (Lipinski definition) is 0. The van der Waals surface area contributed by atoms with Gasteiger partial charge in [0, 0.05) is 0 Å². The van der Waals surface area contributed by atoms with Crippen molar-refractivity contribution in [3.05, 3.63) is 0 Å². The fourth-order valence-corrected chi connectivity index (χ4v) is 13.5. The Morgan fingerprint density at radius 3 is 1.06 bits per heavy atom. The summed E-state index contributed by atoms with van der Waals surface area (Å²) in [6.07, 6.45) is 0. The van der Waals surface area contributed by atoms with Crippen molar-refractivity contribution in [3.8, 4) is 0 Å². The lowest BCUT2D eigenvalue weighted by atomic mass is 11.0. The van der Waals surface area contributed by atoms with Gasteiger partial charge in [-0.1, -0.05) is 21.8 Å². The monoisotopic (exact) mass is 282 g/mol. The summed E-state index contributed by atoms with van der Waals surface area (Å²) in [5.41, 5.74) is 0. The summed E-state index contributed by atoms with van der Waals surface area (Å²) >= 11 is 0. The van der Waals surface area contributed by atoms with Crippen LogP contribution in [0.4, 0.5) is 0 Å². The molecule has 0 unspecified atom stereocenters. The molecule has 102 valence electrons. The van der Waals surface area contributed by atoms with Crippen LogP contribution in [0.2, 0.25) is 51.9 Å². The van der Waals surface area contributed by atoms with Gasteiger partial charge in [0.1, 0.15) is 0 Å². The first-order chi connectivity index (χ1) is 5.97. The van der Waals surface area contributed by atoms with E-state index in [9.17, 15) is 0 Å². The number of hydrogen-bond acceptors (Lipinski definition) is 2. The van der Waals surface area contributed by atoms with Gasteiger partial charge < -0.3 is 8.23 Å². The molecule has 0 aromatic rings. The van der Waals surface area contributed by atoms with Crippen molar-refractivity contribution in [1.29, 1.82) is 0 Å². The van der Waals surface area contributed by atoms with E-state index in [-0.39, 0.29) is 14.9 Å². The maximum Gasteiger partial charge on any atom is 0.314 e. The molecule has 2 nitrogen and oxygen atoms in total. The van der Waals surface area contributed by atoms with E-state index in [1.807, 2.05) is 0 Å². The van der Waals surface area contributed by atoms with Crippen LogP contribution in [0, 0.1) is 0 Å². The Bertz CT molecular complexity index is 167. The molecule has 0 spiro atoms. The molecule has 0 atom stereocenters. The summed E-state index contributed by atoms with van der Waals surface area (Å²) in [6, 6.07) is 1.06. The molecule has 0 aromatic carbocycles. The molecule has 0 aliphatic rings. The predicted octanol–water partition coefficient (Wildman–Crippen LogP) is 5.05. The highest BCUT2D eigenvalue weighted by Crippen LogP contribution is 2.23. The predicted molar refractivity (Wildman–Crippen MR) is 84.4 cm³/mol. The summed E-state index contributed by atoms with van der Waals surface area (Å²) in [7, 11) is -4.78. The van der Waals surface area contributed by atoms with Crippen molar-refractivity contribution in [2.45, 2.75) is 73.7 Å². The fourth-order valence-electron chi connectivity index (χ4n) is 1.46. The van der Waals surface area contributed by atoms with Gasteiger partial charge in [-0.2, -0.15) is 0 Å². The van der Waals surface area contributed by atoms with E-state index in [0.717, 1.165) is 6.04 Å². The van der Waals surface area contributed by atoms with E-state index in [4.69, 9.17) is 8.23 Å². The van der Waals surface area contributed by atoms with Gasteiger partial charge in [-0.05, 0) is 51.9 Å². The quantitative estimate of drug-likeness (QED) is 0.657. The molecular formula is C11H34O2Si3. The standard InChI is InChI=1S/C9H26O2Si3.2CH4/c1-9-14(8,10-12(2,3)4)11-13(5,6)7;;/h9H2,1-8H3;2*1H4. The maximum absolute atomic E-state index is 6.24. The van der Waals surface area contributed by atoms with Gasteiger partial charge in [-0.15, -0.1) is 0 Å². The molecule has 5 heteroatoms. The molecule has 0 aromatic heterocycles. The number of rotatable bonds is 5. The summed E-state index contributed by atoms with van der Waals surface area (Å²) in [5.74, 6) is 0. The van der Waals surface area contributed by atoms with Gasteiger partial charge in [-0.25, -0.2) is 0 Å². The first kappa shape index (κ1) is 21.8. The van der Waals surface area contributed by atoms with Crippen LogP contribution in [0.5, 0.6) is 0 Å². The smallest absolute Gasteiger partial charge is 0.314 e. The molecular weight excluding hydrogens is 248 g/mol. The minimum atomic E-state index is -1.87. The normalized spacial score (nSPS) is 12.8. The Morgan fingerprint density at radius 2 is 0.938 bits per heavy atom. The van der Waals surface area contributed by atoms with Crippen LogP contribution in [-0.2, 0) is 8.23 Å². The highest BCUT2D eigenvalue weighted by molar-refractivity contribution is 6.87. The topological polar surface area (TPSA) is 18.5 Å². The zero-order valence-corrected chi connectivity index (χ0v) is 14.0. The minimum Gasteiger partial charge on any atom is -0.437 e. The largest absolute Gasteiger partial charge is 0.437 e. The van der Waals surface area contributed by atoms with Gasteiger partial charge in [0.25, 0.3) is 0 Å².